The van der Waals surface area contributed by atoms with Crippen LogP contribution < -0.4 is 5.32 Å². The highest BCUT2D eigenvalue weighted by atomic mass is 16.5. The summed E-state index contributed by atoms with van der Waals surface area (Å²) in [6, 6.07) is 12.2. The number of nitrogens with zero attached hydrogens (tertiary/aromatic N) is 2. The first-order valence-corrected chi connectivity index (χ1v) is 6.61. The number of fused-ring (bicyclic) bond motifs is 1. The van der Waals surface area contributed by atoms with E-state index in [4.69, 9.17) is 4.74 Å². The number of amides is 1. The highest BCUT2D eigenvalue weighted by Gasteiger charge is 2.16. The van der Waals surface area contributed by atoms with Crippen LogP contribution in [0.25, 0.3) is 5.65 Å². The van der Waals surface area contributed by atoms with Crippen LogP contribution in [-0.4, -0.2) is 28.4 Å². The molecule has 3 aromatic rings. The molecule has 1 N–H and O–H groups in total. The van der Waals surface area contributed by atoms with Crippen molar-refractivity contribution in [2.75, 3.05) is 12.4 Å². The normalized spacial score (nSPS) is 10.4. The first kappa shape index (κ1) is 13.8. The van der Waals surface area contributed by atoms with Crippen molar-refractivity contribution in [2.24, 2.45) is 0 Å². The van der Waals surface area contributed by atoms with Crippen LogP contribution in [0.2, 0.25) is 0 Å². The first-order valence-electron chi connectivity index (χ1n) is 6.61. The number of pyridine rings is 1. The summed E-state index contributed by atoms with van der Waals surface area (Å²) in [6.45, 7) is 0. The number of benzene rings is 1. The summed E-state index contributed by atoms with van der Waals surface area (Å²) >= 11 is 0. The number of carbonyl (C=O) groups excluding carboxylic acids is 2. The molecule has 0 radical (unpaired) electrons. The standard InChI is InChI=1S/C16H13N3O3/c1-22-16(21)11-6-2-3-7-12(11)18-15(20)13-10-19-9-5-4-8-14(19)17-13/h2-10H,1H3,(H,18,20). The minimum Gasteiger partial charge on any atom is -0.465 e. The van der Waals surface area contributed by atoms with Crippen LogP contribution in [0.3, 0.4) is 0 Å². The fraction of sp³-hybridized carbons (Fsp3) is 0.0625. The van der Waals surface area contributed by atoms with Gasteiger partial charge >= 0.3 is 5.97 Å². The predicted molar refractivity (Wildman–Crippen MR) is 80.9 cm³/mol. The molecular formula is C16H13N3O3. The lowest BCUT2D eigenvalue weighted by Gasteiger charge is -2.08. The van der Waals surface area contributed by atoms with Gasteiger partial charge in [0.25, 0.3) is 5.91 Å². The van der Waals surface area contributed by atoms with E-state index in [0.717, 1.165) is 0 Å². The Morgan fingerprint density at radius 3 is 2.68 bits per heavy atom. The van der Waals surface area contributed by atoms with Crippen LogP contribution in [0.4, 0.5) is 5.69 Å². The number of imidazole rings is 1. The van der Waals surface area contributed by atoms with Crippen molar-refractivity contribution in [3.05, 3.63) is 66.1 Å². The largest absolute Gasteiger partial charge is 0.465 e. The van der Waals surface area contributed by atoms with E-state index in [2.05, 4.69) is 10.3 Å². The van der Waals surface area contributed by atoms with Gasteiger partial charge in [0.1, 0.15) is 11.3 Å². The number of nitrogens with one attached hydrogen (secondary N) is 1. The van der Waals surface area contributed by atoms with E-state index in [9.17, 15) is 9.59 Å². The molecule has 0 bridgehead atoms. The number of methoxy groups -OCH3 is 1. The second-order valence-electron chi connectivity index (χ2n) is 4.58. The maximum Gasteiger partial charge on any atom is 0.339 e. The van der Waals surface area contributed by atoms with Crippen molar-refractivity contribution in [3.8, 4) is 0 Å². The molecule has 0 atom stereocenters. The smallest absolute Gasteiger partial charge is 0.339 e. The topological polar surface area (TPSA) is 72.7 Å². The highest BCUT2D eigenvalue weighted by molar-refractivity contribution is 6.07. The molecule has 0 aliphatic heterocycles. The number of hydrogen-bond donors (Lipinski definition) is 1. The lowest BCUT2D eigenvalue weighted by atomic mass is 10.2. The van der Waals surface area contributed by atoms with Gasteiger partial charge in [-0.2, -0.15) is 0 Å². The highest BCUT2D eigenvalue weighted by Crippen LogP contribution is 2.17. The van der Waals surface area contributed by atoms with Crippen molar-refractivity contribution < 1.29 is 14.3 Å². The Labute approximate surface area is 126 Å². The fourth-order valence-corrected chi connectivity index (χ4v) is 2.11. The monoisotopic (exact) mass is 295 g/mol. The molecule has 2 heterocycles. The molecule has 0 saturated carbocycles. The molecule has 3 rings (SSSR count). The van der Waals surface area contributed by atoms with E-state index in [1.54, 1.807) is 40.9 Å². The van der Waals surface area contributed by atoms with Gasteiger partial charge in [0.05, 0.1) is 18.4 Å². The Morgan fingerprint density at radius 2 is 1.91 bits per heavy atom. The molecule has 1 aromatic carbocycles. The van der Waals surface area contributed by atoms with Gasteiger partial charge in [-0.25, -0.2) is 9.78 Å². The van der Waals surface area contributed by atoms with Gasteiger partial charge in [0, 0.05) is 12.4 Å². The van der Waals surface area contributed by atoms with Gasteiger partial charge in [-0.3, -0.25) is 4.79 Å². The molecule has 1 amide bonds. The average molecular weight is 295 g/mol. The molecule has 2 aromatic heterocycles. The van der Waals surface area contributed by atoms with Crippen LogP contribution in [0.15, 0.2) is 54.9 Å². The van der Waals surface area contributed by atoms with Crippen LogP contribution >= 0.6 is 0 Å². The maximum atomic E-state index is 12.3. The molecule has 6 nitrogen and oxygen atoms in total. The zero-order valence-electron chi connectivity index (χ0n) is 11.8. The number of hydrogen-bond acceptors (Lipinski definition) is 4. The molecule has 0 fully saturated rings. The third-order valence-electron chi connectivity index (χ3n) is 3.18. The minimum atomic E-state index is -0.508. The van der Waals surface area contributed by atoms with Gasteiger partial charge in [0.2, 0.25) is 0 Å². The van der Waals surface area contributed by atoms with E-state index in [1.165, 1.54) is 7.11 Å². The van der Waals surface area contributed by atoms with Gasteiger partial charge in [0.15, 0.2) is 0 Å². The number of carbonyl (C=O) groups is 2. The lowest BCUT2D eigenvalue weighted by molar-refractivity contribution is 0.0602. The summed E-state index contributed by atoms with van der Waals surface area (Å²) in [5.41, 5.74) is 1.62. The number of aromatic nitrogens is 2. The lowest BCUT2D eigenvalue weighted by Crippen LogP contribution is -2.15. The van der Waals surface area contributed by atoms with E-state index < -0.39 is 5.97 Å². The fourth-order valence-electron chi connectivity index (χ4n) is 2.11. The summed E-state index contributed by atoms with van der Waals surface area (Å²) in [7, 11) is 1.29. The second-order valence-corrected chi connectivity index (χ2v) is 4.58. The summed E-state index contributed by atoms with van der Waals surface area (Å²) in [5, 5.41) is 2.69. The molecule has 0 saturated heterocycles. The molecule has 0 unspecified atom stereocenters. The molecule has 110 valence electrons. The molecule has 6 heteroatoms. The van der Waals surface area contributed by atoms with Crippen molar-refractivity contribution in [1.82, 2.24) is 9.38 Å². The third kappa shape index (κ3) is 2.54. The van der Waals surface area contributed by atoms with Crippen molar-refractivity contribution in [1.29, 1.82) is 0 Å². The van der Waals surface area contributed by atoms with Crippen molar-refractivity contribution >= 4 is 23.2 Å². The van der Waals surface area contributed by atoms with Crippen molar-refractivity contribution in [2.45, 2.75) is 0 Å². The van der Waals surface area contributed by atoms with Gasteiger partial charge in [-0.05, 0) is 24.3 Å². The summed E-state index contributed by atoms with van der Waals surface area (Å²) in [5.74, 6) is -0.897. The number of esters is 1. The van der Waals surface area contributed by atoms with Gasteiger partial charge < -0.3 is 14.5 Å². The van der Waals surface area contributed by atoms with Gasteiger partial charge in [-0.1, -0.05) is 18.2 Å². The molecule has 22 heavy (non-hydrogen) atoms. The molecule has 0 aliphatic carbocycles. The Hall–Kier alpha value is -3.15. The number of rotatable bonds is 3. The predicted octanol–water partition coefficient (Wildman–Crippen LogP) is 2.37. The molecule has 0 aliphatic rings. The Bertz CT molecular complexity index is 821. The Balaban J connectivity index is 1.90. The molecular weight excluding hydrogens is 282 g/mol. The van der Waals surface area contributed by atoms with E-state index in [0.29, 0.717) is 16.9 Å². The quantitative estimate of drug-likeness (QED) is 0.753. The average Bonchev–Trinajstić information content (AvgIpc) is 2.99. The number of para-hydroxylation sites is 1. The Morgan fingerprint density at radius 1 is 1.14 bits per heavy atom. The SMILES string of the molecule is COC(=O)c1ccccc1NC(=O)c1cn2ccccc2n1. The number of anilines is 1. The molecule has 0 spiro atoms. The van der Waals surface area contributed by atoms with Crippen LogP contribution in [0.5, 0.6) is 0 Å². The minimum absolute atomic E-state index is 0.269. The third-order valence-corrected chi connectivity index (χ3v) is 3.18. The zero-order valence-corrected chi connectivity index (χ0v) is 11.8. The summed E-state index contributed by atoms with van der Waals surface area (Å²) in [4.78, 5) is 28.2. The number of ether oxygens (including phenoxy) is 1. The van der Waals surface area contributed by atoms with E-state index in [-0.39, 0.29) is 11.6 Å². The zero-order chi connectivity index (χ0) is 15.5. The Kier molecular flexibility index (Phi) is 3.57. The second kappa shape index (κ2) is 5.69. The van der Waals surface area contributed by atoms with Crippen LogP contribution in [-0.2, 0) is 4.74 Å². The first-order chi connectivity index (χ1) is 10.7. The summed E-state index contributed by atoms with van der Waals surface area (Å²) < 4.78 is 6.45. The van der Waals surface area contributed by atoms with Gasteiger partial charge in [-0.15, -0.1) is 0 Å². The van der Waals surface area contributed by atoms with Crippen LogP contribution in [0.1, 0.15) is 20.8 Å². The van der Waals surface area contributed by atoms with E-state index in [1.807, 2.05) is 18.3 Å². The summed E-state index contributed by atoms with van der Waals surface area (Å²) in [6.07, 6.45) is 3.44. The van der Waals surface area contributed by atoms with Crippen LogP contribution in [0, 0.1) is 0 Å². The van der Waals surface area contributed by atoms with E-state index >= 15 is 0 Å². The maximum absolute atomic E-state index is 12.3. The van der Waals surface area contributed by atoms with Crippen molar-refractivity contribution in [3.63, 3.8) is 0 Å².